The summed E-state index contributed by atoms with van der Waals surface area (Å²) in [5, 5.41) is 9.79. The summed E-state index contributed by atoms with van der Waals surface area (Å²) in [4.78, 5) is 25.3. The van der Waals surface area contributed by atoms with Gasteiger partial charge in [-0.15, -0.1) is 0 Å². The zero-order chi connectivity index (χ0) is 14.0. The van der Waals surface area contributed by atoms with Crippen LogP contribution in [0.4, 0.5) is 0 Å². The zero-order valence-corrected chi connectivity index (χ0v) is 11.3. The predicted octanol–water partition coefficient (Wildman–Crippen LogP) is 2.28. The standard InChI is InChI=1S/C15H19NO3/c1-10-3-8-14(18)13(9-10)15(19)16(2)11-4-6-12(17)7-5-11/h3,8-9,11,18H,4-7H2,1-2H3. The molecule has 4 nitrogen and oxygen atoms in total. The molecule has 2 rings (SSSR count). The highest BCUT2D eigenvalue weighted by Crippen LogP contribution is 2.24. The quantitative estimate of drug-likeness (QED) is 0.888. The lowest BCUT2D eigenvalue weighted by Crippen LogP contribution is -2.39. The van der Waals surface area contributed by atoms with Crippen LogP contribution in [0.1, 0.15) is 41.6 Å². The Morgan fingerprint density at radius 2 is 1.95 bits per heavy atom. The molecule has 0 aliphatic heterocycles. The van der Waals surface area contributed by atoms with Crippen LogP contribution in [-0.2, 0) is 4.79 Å². The molecule has 1 aliphatic rings. The van der Waals surface area contributed by atoms with E-state index < -0.39 is 0 Å². The van der Waals surface area contributed by atoms with Crippen LogP contribution in [0.3, 0.4) is 0 Å². The van der Waals surface area contributed by atoms with Crippen LogP contribution < -0.4 is 0 Å². The molecule has 1 aromatic rings. The maximum absolute atomic E-state index is 12.4. The molecule has 0 saturated heterocycles. The summed E-state index contributed by atoms with van der Waals surface area (Å²) in [6, 6.07) is 5.10. The molecule has 102 valence electrons. The minimum Gasteiger partial charge on any atom is -0.507 e. The first-order valence-electron chi connectivity index (χ1n) is 6.57. The van der Waals surface area contributed by atoms with Gasteiger partial charge in [0.25, 0.3) is 5.91 Å². The van der Waals surface area contributed by atoms with Crippen LogP contribution in [0.15, 0.2) is 18.2 Å². The van der Waals surface area contributed by atoms with Crippen molar-refractivity contribution in [3.63, 3.8) is 0 Å². The number of hydrogen-bond donors (Lipinski definition) is 1. The number of carbonyl (C=O) groups is 2. The average Bonchev–Trinajstić information content (AvgIpc) is 2.41. The average molecular weight is 261 g/mol. The fraction of sp³-hybridized carbons (Fsp3) is 0.467. The fourth-order valence-corrected chi connectivity index (χ4v) is 2.49. The maximum Gasteiger partial charge on any atom is 0.257 e. The van der Waals surface area contributed by atoms with E-state index in [1.165, 1.54) is 0 Å². The number of amides is 1. The smallest absolute Gasteiger partial charge is 0.257 e. The van der Waals surface area contributed by atoms with Crippen molar-refractivity contribution < 1.29 is 14.7 Å². The first-order chi connectivity index (χ1) is 8.99. The van der Waals surface area contributed by atoms with E-state index in [4.69, 9.17) is 0 Å². The number of aryl methyl sites for hydroxylation is 1. The Labute approximate surface area is 113 Å². The SMILES string of the molecule is Cc1ccc(O)c(C(=O)N(C)C2CCC(=O)CC2)c1. The lowest BCUT2D eigenvalue weighted by molar-refractivity contribution is -0.121. The third-order valence-corrected chi connectivity index (χ3v) is 3.76. The van der Waals surface area contributed by atoms with Crippen molar-refractivity contribution >= 4 is 11.7 Å². The lowest BCUT2D eigenvalue weighted by atomic mass is 9.93. The zero-order valence-electron chi connectivity index (χ0n) is 11.3. The van der Waals surface area contributed by atoms with Gasteiger partial charge >= 0.3 is 0 Å². The van der Waals surface area contributed by atoms with Gasteiger partial charge in [0.05, 0.1) is 5.56 Å². The van der Waals surface area contributed by atoms with E-state index in [1.54, 1.807) is 30.1 Å². The molecule has 0 atom stereocenters. The monoisotopic (exact) mass is 261 g/mol. The van der Waals surface area contributed by atoms with Gasteiger partial charge in [-0.1, -0.05) is 11.6 Å². The second-order valence-electron chi connectivity index (χ2n) is 5.21. The van der Waals surface area contributed by atoms with E-state index in [0.717, 1.165) is 5.56 Å². The van der Waals surface area contributed by atoms with Gasteiger partial charge in [-0.3, -0.25) is 9.59 Å². The number of phenols is 1. The molecule has 0 heterocycles. The number of nitrogens with zero attached hydrogens (tertiary/aromatic N) is 1. The van der Waals surface area contributed by atoms with E-state index in [2.05, 4.69) is 0 Å². The van der Waals surface area contributed by atoms with Crippen LogP contribution >= 0.6 is 0 Å². The number of aromatic hydroxyl groups is 1. The number of Topliss-reactive ketones (excluding diaryl/α,β-unsaturated/α-hetero) is 1. The van der Waals surface area contributed by atoms with Crippen LogP contribution in [0.2, 0.25) is 0 Å². The van der Waals surface area contributed by atoms with Crippen LogP contribution in [-0.4, -0.2) is 34.8 Å². The minimum absolute atomic E-state index is 0.00864. The molecule has 1 saturated carbocycles. The van der Waals surface area contributed by atoms with Gasteiger partial charge in [0.15, 0.2) is 0 Å². The third kappa shape index (κ3) is 2.95. The van der Waals surface area contributed by atoms with Crippen LogP contribution in [0.5, 0.6) is 5.75 Å². The van der Waals surface area contributed by atoms with E-state index in [0.29, 0.717) is 31.2 Å². The highest BCUT2D eigenvalue weighted by atomic mass is 16.3. The molecule has 1 amide bonds. The molecule has 0 spiro atoms. The Morgan fingerprint density at radius 3 is 2.58 bits per heavy atom. The van der Waals surface area contributed by atoms with Crippen LogP contribution in [0, 0.1) is 6.92 Å². The van der Waals surface area contributed by atoms with Gasteiger partial charge in [0, 0.05) is 25.9 Å². The molecule has 0 radical (unpaired) electrons. The number of phenolic OH excluding ortho intramolecular Hbond substituents is 1. The maximum atomic E-state index is 12.4. The highest BCUT2D eigenvalue weighted by Gasteiger charge is 2.27. The summed E-state index contributed by atoms with van der Waals surface area (Å²) >= 11 is 0. The van der Waals surface area contributed by atoms with Gasteiger partial charge in [-0.05, 0) is 31.9 Å². The molecule has 4 heteroatoms. The molecule has 1 aromatic carbocycles. The molecule has 0 aromatic heterocycles. The van der Waals surface area contributed by atoms with Crippen molar-refractivity contribution in [2.75, 3.05) is 7.05 Å². The molecule has 0 bridgehead atoms. The molecule has 1 aliphatic carbocycles. The van der Waals surface area contributed by atoms with E-state index in [-0.39, 0.29) is 23.5 Å². The largest absolute Gasteiger partial charge is 0.507 e. The number of ketones is 1. The second-order valence-corrected chi connectivity index (χ2v) is 5.21. The summed E-state index contributed by atoms with van der Waals surface area (Å²) in [6.07, 6.45) is 2.52. The number of rotatable bonds is 2. The van der Waals surface area contributed by atoms with Crippen LogP contribution in [0.25, 0.3) is 0 Å². The van der Waals surface area contributed by atoms with Gasteiger partial charge in [-0.2, -0.15) is 0 Å². The molecular weight excluding hydrogens is 242 g/mol. The van der Waals surface area contributed by atoms with Crippen molar-refractivity contribution in [3.05, 3.63) is 29.3 Å². The van der Waals surface area contributed by atoms with E-state index >= 15 is 0 Å². The van der Waals surface area contributed by atoms with Crippen molar-refractivity contribution in [1.29, 1.82) is 0 Å². The van der Waals surface area contributed by atoms with E-state index in [1.807, 2.05) is 6.92 Å². The van der Waals surface area contributed by atoms with E-state index in [9.17, 15) is 14.7 Å². The Morgan fingerprint density at radius 1 is 1.32 bits per heavy atom. The van der Waals surface area contributed by atoms with Gasteiger partial charge in [0.2, 0.25) is 0 Å². The van der Waals surface area contributed by atoms with Crippen molar-refractivity contribution in [3.8, 4) is 5.75 Å². The molecule has 1 N–H and O–H groups in total. The Bertz CT molecular complexity index is 500. The summed E-state index contributed by atoms with van der Waals surface area (Å²) < 4.78 is 0. The lowest BCUT2D eigenvalue weighted by Gasteiger charge is -2.31. The number of hydrogen-bond acceptors (Lipinski definition) is 3. The first kappa shape index (κ1) is 13.6. The molecule has 0 unspecified atom stereocenters. The fourth-order valence-electron chi connectivity index (χ4n) is 2.49. The van der Waals surface area contributed by atoms with Crippen molar-refractivity contribution in [1.82, 2.24) is 4.90 Å². The first-order valence-corrected chi connectivity index (χ1v) is 6.57. The summed E-state index contributed by atoms with van der Waals surface area (Å²) in [5.74, 6) is 0.102. The summed E-state index contributed by atoms with van der Waals surface area (Å²) in [7, 11) is 1.74. The van der Waals surface area contributed by atoms with Gasteiger partial charge < -0.3 is 10.0 Å². The predicted molar refractivity (Wildman–Crippen MR) is 72.2 cm³/mol. The molecular formula is C15H19NO3. The number of benzene rings is 1. The highest BCUT2D eigenvalue weighted by molar-refractivity contribution is 5.97. The topological polar surface area (TPSA) is 57.6 Å². The van der Waals surface area contributed by atoms with Gasteiger partial charge in [0.1, 0.15) is 11.5 Å². The summed E-state index contributed by atoms with van der Waals surface area (Å²) in [5.41, 5.74) is 1.27. The Hall–Kier alpha value is -1.84. The van der Waals surface area contributed by atoms with Gasteiger partial charge in [-0.25, -0.2) is 0 Å². The summed E-state index contributed by atoms with van der Waals surface area (Å²) in [6.45, 7) is 1.88. The van der Waals surface area contributed by atoms with Crippen molar-refractivity contribution in [2.24, 2.45) is 0 Å². The molecule has 19 heavy (non-hydrogen) atoms. The Balaban J connectivity index is 2.14. The minimum atomic E-state index is -0.180. The second kappa shape index (κ2) is 5.43. The third-order valence-electron chi connectivity index (χ3n) is 3.76. The van der Waals surface area contributed by atoms with Crippen molar-refractivity contribution in [2.45, 2.75) is 38.6 Å². The Kier molecular flexibility index (Phi) is 3.88. The molecule has 1 fully saturated rings. The normalized spacial score (nSPS) is 16.4. The number of carbonyl (C=O) groups excluding carboxylic acids is 2.